The Bertz CT molecular complexity index is 1930. The average molecular weight is 564 g/mol. The Hall–Kier alpha value is -5.08. The van der Waals surface area contributed by atoms with Gasteiger partial charge in [-0.25, -0.2) is 8.78 Å². The number of nitroso groups, excluding NO2 is 1. The lowest BCUT2D eigenvalue weighted by Gasteiger charge is -2.20. The number of aromatic nitrogens is 1. The second-order valence-corrected chi connectivity index (χ2v) is 10.1. The first kappa shape index (κ1) is 27.5. The highest BCUT2D eigenvalue weighted by atomic mass is 31.0. The van der Waals surface area contributed by atoms with Crippen molar-refractivity contribution in [2.45, 2.75) is 12.5 Å². The number of H-pyrrole nitrogens is 1. The quantitative estimate of drug-likeness (QED) is 0.194. The third-order valence-electron chi connectivity index (χ3n) is 6.94. The predicted octanol–water partition coefficient (Wildman–Crippen LogP) is 6.19. The van der Waals surface area contributed by atoms with Crippen molar-refractivity contribution in [2.24, 2.45) is 5.18 Å². The summed E-state index contributed by atoms with van der Waals surface area (Å²) < 4.78 is 29.9. The Morgan fingerprint density at radius 2 is 1.59 bits per heavy atom. The summed E-state index contributed by atoms with van der Waals surface area (Å²) >= 11 is 0. The molecule has 0 aliphatic rings. The minimum Gasteiger partial charge on any atom is -0.375 e. The minimum absolute atomic E-state index is 0.137. The van der Waals surface area contributed by atoms with Gasteiger partial charge in [-0.3, -0.25) is 4.79 Å². The maximum absolute atomic E-state index is 15.5. The predicted molar refractivity (Wildman–Crippen MR) is 154 cm³/mol. The van der Waals surface area contributed by atoms with Gasteiger partial charge in [0.2, 0.25) is 0 Å². The zero-order chi connectivity index (χ0) is 29.5. The Morgan fingerprint density at radius 3 is 2.22 bits per heavy atom. The van der Waals surface area contributed by atoms with E-state index in [-0.39, 0.29) is 22.3 Å². The Morgan fingerprint density at radius 1 is 0.927 bits per heavy atom. The molecule has 0 spiro atoms. The van der Waals surface area contributed by atoms with Gasteiger partial charge < -0.3 is 10.1 Å². The summed E-state index contributed by atoms with van der Waals surface area (Å²) in [7, 11) is 2.36. The summed E-state index contributed by atoms with van der Waals surface area (Å²) in [6.45, 7) is 1.06. The summed E-state index contributed by atoms with van der Waals surface area (Å²) in [6.07, 6.45) is 0. The molecule has 7 nitrogen and oxygen atoms in total. The number of hydrogen-bond donors (Lipinski definition) is 2. The van der Waals surface area contributed by atoms with Crippen molar-refractivity contribution in [2.75, 3.05) is 0 Å². The summed E-state index contributed by atoms with van der Waals surface area (Å²) in [6, 6.07) is 22.3. The van der Waals surface area contributed by atoms with Crippen LogP contribution in [0.1, 0.15) is 23.6 Å². The minimum atomic E-state index is -2.31. The summed E-state index contributed by atoms with van der Waals surface area (Å²) in [5, 5.41) is 33.2. The molecule has 2 atom stereocenters. The van der Waals surface area contributed by atoms with Gasteiger partial charge >= 0.3 is 5.91 Å². The molecule has 0 fully saturated rings. The molecule has 1 heterocycles. The number of rotatable bonds is 5. The fourth-order valence-corrected chi connectivity index (χ4v) is 5.39. The zero-order valence-corrected chi connectivity index (χ0v) is 22.5. The highest BCUT2D eigenvalue weighted by molar-refractivity contribution is 7.28. The van der Waals surface area contributed by atoms with E-state index in [1.807, 2.05) is 0 Å². The maximum atomic E-state index is 15.5. The fraction of sp³-hybridized carbons (Fsp3) is 0.0645. The molecule has 0 saturated carbocycles. The third-order valence-corrected chi connectivity index (χ3v) is 7.39. The molecular weight excluding hydrogens is 545 g/mol. The summed E-state index contributed by atoms with van der Waals surface area (Å²) in [5.41, 5.74) is 0.996. The average Bonchev–Trinajstić information content (AvgIpc) is 3.34. The molecule has 200 valence electrons. The van der Waals surface area contributed by atoms with Crippen LogP contribution in [0, 0.1) is 39.2 Å². The van der Waals surface area contributed by atoms with Crippen LogP contribution in [0.4, 0.5) is 8.78 Å². The number of nitrogens with zero attached hydrogens (tertiary/aromatic N) is 3. The Labute approximate surface area is 234 Å². The molecule has 5 aromatic rings. The monoisotopic (exact) mass is 564 g/mol. The van der Waals surface area contributed by atoms with E-state index in [1.165, 1.54) is 18.2 Å². The number of hydrogen-bond acceptors (Lipinski definition) is 5. The molecule has 10 heteroatoms. The lowest BCUT2D eigenvalue weighted by atomic mass is 9.90. The van der Waals surface area contributed by atoms with Gasteiger partial charge in [0.1, 0.15) is 11.6 Å². The van der Waals surface area contributed by atoms with Gasteiger partial charge in [-0.15, -0.1) is 14.1 Å². The second kappa shape index (κ2) is 10.5. The molecule has 0 aliphatic heterocycles. The first-order valence-electron chi connectivity index (χ1n) is 12.2. The summed E-state index contributed by atoms with van der Waals surface area (Å²) in [4.78, 5) is 25.8. The molecule has 2 unspecified atom stereocenters. The molecule has 0 radical (unpaired) electrons. The number of nitriles is 2. The number of fused-ring (bicyclic) bond motifs is 1. The van der Waals surface area contributed by atoms with Crippen LogP contribution in [0.3, 0.4) is 0 Å². The smallest absolute Gasteiger partial charge is 0.321 e. The number of nitrogens with one attached hydrogen (secondary N) is 1. The zero-order valence-electron chi connectivity index (χ0n) is 21.4. The van der Waals surface area contributed by atoms with Crippen LogP contribution in [0.25, 0.3) is 44.4 Å². The van der Waals surface area contributed by atoms with Crippen molar-refractivity contribution < 1.29 is 18.7 Å². The number of aromatic amines is 1. The Balaban J connectivity index is 1.75. The van der Waals surface area contributed by atoms with Crippen molar-refractivity contribution in [3.8, 4) is 45.6 Å². The molecule has 1 aromatic heterocycles. The highest BCUT2D eigenvalue weighted by Crippen LogP contribution is 2.42. The van der Waals surface area contributed by atoms with Crippen molar-refractivity contribution in [1.82, 2.24) is 4.98 Å². The number of aliphatic hydroxyl groups is 1. The summed E-state index contributed by atoms with van der Waals surface area (Å²) in [5.74, 6) is -2.61. The molecular formula is C31H19F2N4O3P. The third kappa shape index (κ3) is 4.68. The van der Waals surface area contributed by atoms with E-state index in [2.05, 4.69) is 31.5 Å². The number of benzene rings is 4. The van der Waals surface area contributed by atoms with E-state index in [1.54, 1.807) is 48.5 Å². The normalized spacial score (nSPS) is 12.4. The Kier molecular flexibility index (Phi) is 7.02. The SMILES string of the molecule is CC(O)(C(=O)N=O)c1cc(F)c(-c2cccc(-c3[nH]c4ccc(F)cc4c3-c3c(C#N)cccc3C#N)c2)c(P)c1. The molecule has 0 aliphatic carbocycles. The topological polar surface area (TPSA) is 130 Å². The van der Waals surface area contributed by atoms with Gasteiger partial charge in [0.15, 0.2) is 5.60 Å². The standard InChI is InChI=1S/C31H19F2N4O3P/c1-31(39,30(38)37-40)20-11-23(33)27(25(41)12-20)16-4-2-5-17(10-16)29-28(22-13-21(32)8-9-24(22)36-29)26-18(14-34)6-3-7-19(26)15-35/h2-13,36,39H,41H2,1H3. The molecule has 1 amide bonds. The van der Waals surface area contributed by atoms with Gasteiger partial charge in [-0.2, -0.15) is 10.5 Å². The molecule has 0 bridgehead atoms. The molecule has 4 aromatic carbocycles. The van der Waals surface area contributed by atoms with Crippen LogP contribution in [-0.2, 0) is 10.4 Å². The lowest BCUT2D eigenvalue weighted by molar-refractivity contribution is -0.135. The van der Waals surface area contributed by atoms with Crippen molar-refractivity contribution in [3.05, 3.63) is 106 Å². The van der Waals surface area contributed by atoms with Crippen molar-refractivity contribution in [3.63, 3.8) is 0 Å². The van der Waals surface area contributed by atoms with E-state index in [4.69, 9.17) is 0 Å². The first-order chi connectivity index (χ1) is 19.6. The number of carbonyl (C=O) groups is 1. The maximum Gasteiger partial charge on any atom is 0.321 e. The van der Waals surface area contributed by atoms with E-state index >= 15 is 4.39 Å². The molecule has 5 rings (SSSR count). The molecule has 0 saturated heterocycles. The fourth-order valence-electron chi connectivity index (χ4n) is 4.90. The van der Waals surface area contributed by atoms with Crippen LogP contribution in [0.5, 0.6) is 0 Å². The number of halogens is 2. The van der Waals surface area contributed by atoms with Crippen LogP contribution in [0.15, 0.2) is 78.0 Å². The van der Waals surface area contributed by atoms with Crippen molar-refractivity contribution >= 4 is 31.4 Å². The van der Waals surface area contributed by atoms with Crippen LogP contribution in [0.2, 0.25) is 0 Å². The van der Waals surface area contributed by atoms with E-state index < -0.39 is 23.1 Å². The second-order valence-electron chi connectivity index (χ2n) is 9.49. The van der Waals surface area contributed by atoms with Crippen LogP contribution >= 0.6 is 9.24 Å². The molecule has 2 N–H and O–H groups in total. The van der Waals surface area contributed by atoms with Crippen LogP contribution < -0.4 is 5.30 Å². The number of carbonyl (C=O) groups excluding carboxylic acids is 1. The first-order valence-corrected chi connectivity index (χ1v) is 12.7. The van der Waals surface area contributed by atoms with Crippen LogP contribution in [-0.4, -0.2) is 16.0 Å². The van der Waals surface area contributed by atoms with Crippen molar-refractivity contribution in [1.29, 1.82) is 10.5 Å². The van der Waals surface area contributed by atoms with Gasteiger partial charge in [-0.1, -0.05) is 24.3 Å². The van der Waals surface area contributed by atoms with Gasteiger partial charge in [0.05, 0.1) is 29.0 Å². The highest BCUT2D eigenvalue weighted by Gasteiger charge is 2.35. The largest absolute Gasteiger partial charge is 0.375 e. The van der Waals surface area contributed by atoms with E-state index in [0.717, 1.165) is 13.0 Å². The lowest BCUT2D eigenvalue weighted by Crippen LogP contribution is -2.31. The van der Waals surface area contributed by atoms with E-state index in [0.29, 0.717) is 44.2 Å². The number of amides is 1. The van der Waals surface area contributed by atoms with E-state index in [9.17, 15) is 29.7 Å². The molecule has 41 heavy (non-hydrogen) atoms. The van der Waals surface area contributed by atoms with Gasteiger partial charge in [-0.05, 0) is 77.4 Å². The van der Waals surface area contributed by atoms with Gasteiger partial charge in [0, 0.05) is 32.8 Å². The van der Waals surface area contributed by atoms with Gasteiger partial charge in [0.25, 0.3) is 0 Å².